The molecule has 3 aromatic rings. The lowest BCUT2D eigenvalue weighted by Gasteiger charge is -2.20. The molecule has 0 N–H and O–H groups in total. The summed E-state index contributed by atoms with van der Waals surface area (Å²) in [5.74, 6) is -1.20. The molecule has 40 heavy (non-hydrogen) atoms. The Bertz CT molecular complexity index is 1510. The number of carbonyl (C=O) groups excluding carboxylic acids is 2. The van der Waals surface area contributed by atoms with Crippen LogP contribution in [0.5, 0.6) is 17.2 Å². The number of sulfone groups is 1. The van der Waals surface area contributed by atoms with Gasteiger partial charge in [-0.1, -0.05) is 17.7 Å². The van der Waals surface area contributed by atoms with E-state index in [1.165, 1.54) is 76.6 Å². The Labute approximate surface area is 232 Å². The van der Waals surface area contributed by atoms with Gasteiger partial charge in [-0.2, -0.15) is 0 Å². The van der Waals surface area contributed by atoms with E-state index in [2.05, 4.69) is 0 Å². The molecule has 0 radical (unpaired) electrons. The maximum Gasteiger partial charge on any atom is 0.339 e. The molecule has 3 rings (SSSR count). The zero-order valence-corrected chi connectivity index (χ0v) is 24.1. The van der Waals surface area contributed by atoms with Gasteiger partial charge in [0.1, 0.15) is 11.6 Å². The van der Waals surface area contributed by atoms with Crippen LogP contribution in [-0.4, -0.2) is 60.5 Å². The van der Waals surface area contributed by atoms with Crippen molar-refractivity contribution < 1.29 is 46.4 Å². The Kier molecular flexibility index (Phi) is 9.61. The van der Waals surface area contributed by atoms with Crippen molar-refractivity contribution in [1.29, 1.82) is 0 Å². The molecule has 0 bridgehead atoms. The number of ether oxygens (including phenoxy) is 6. The van der Waals surface area contributed by atoms with E-state index in [9.17, 15) is 18.0 Å². The van der Waals surface area contributed by atoms with E-state index in [1.807, 2.05) is 6.92 Å². The van der Waals surface area contributed by atoms with Gasteiger partial charge in [-0.15, -0.1) is 0 Å². The molecular weight excluding hydrogens is 542 g/mol. The van der Waals surface area contributed by atoms with E-state index < -0.39 is 26.7 Å². The summed E-state index contributed by atoms with van der Waals surface area (Å²) in [5.41, 5.74) is 1.02. The summed E-state index contributed by atoms with van der Waals surface area (Å²) in [5, 5.41) is 0. The first-order chi connectivity index (χ1) is 19.0. The molecular formula is C28H31NO10S. The van der Waals surface area contributed by atoms with Crippen molar-refractivity contribution in [3.05, 3.63) is 71.0 Å². The predicted octanol–water partition coefficient (Wildman–Crippen LogP) is 4.08. The minimum Gasteiger partial charge on any atom is -0.493 e. The van der Waals surface area contributed by atoms with Crippen molar-refractivity contribution in [2.75, 3.05) is 35.5 Å². The molecule has 0 fully saturated rings. The second-order valence-corrected chi connectivity index (χ2v) is 10.4. The van der Waals surface area contributed by atoms with Gasteiger partial charge in [-0.25, -0.2) is 13.2 Å². The van der Waals surface area contributed by atoms with Gasteiger partial charge in [0.2, 0.25) is 15.6 Å². The maximum atomic E-state index is 14.4. The lowest BCUT2D eigenvalue weighted by Crippen LogP contribution is -2.14. The normalized spacial score (nSPS) is 11.9. The molecule has 0 atom stereocenters. The van der Waals surface area contributed by atoms with Crippen LogP contribution < -0.4 is 14.2 Å². The van der Waals surface area contributed by atoms with Gasteiger partial charge >= 0.3 is 11.9 Å². The fourth-order valence-corrected chi connectivity index (χ4v) is 5.57. The first-order valence-electron chi connectivity index (χ1n) is 11.8. The van der Waals surface area contributed by atoms with Crippen LogP contribution in [0.2, 0.25) is 0 Å². The number of carbonyl (C=O) groups is 2. The fraction of sp³-hybridized carbons (Fsp3) is 0.286. The van der Waals surface area contributed by atoms with E-state index in [1.54, 1.807) is 12.1 Å². The Hall–Kier alpha value is -4.29. The summed E-state index contributed by atoms with van der Waals surface area (Å²) < 4.78 is 62.2. The van der Waals surface area contributed by atoms with E-state index in [-0.39, 0.29) is 51.5 Å². The number of hydrogen-bond donors (Lipinski definition) is 0. The molecule has 0 spiro atoms. The number of hydrogen-bond acceptors (Lipinski definition) is 10. The number of aromatic nitrogens is 1. The average molecular weight is 574 g/mol. The van der Waals surface area contributed by atoms with Gasteiger partial charge in [-0.3, -0.25) is 4.79 Å². The highest BCUT2D eigenvalue weighted by Gasteiger charge is 2.33. The van der Waals surface area contributed by atoms with Crippen LogP contribution in [0.3, 0.4) is 0 Å². The van der Waals surface area contributed by atoms with Crippen LogP contribution in [0, 0.1) is 6.92 Å². The Morgan fingerprint density at radius 2 is 1.45 bits per heavy atom. The molecule has 0 aliphatic rings. The number of esters is 2. The molecule has 11 nitrogen and oxygen atoms in total. The fourth-order valence-electron chi connectivity index (χ4n) is 3.98. The summed E-state index contributed by atoms with van der Waals surface area (Å²) in [4.78, 5) is 24.4. The molecule has 0 unspecified atom stereocenters. The highest BCUT2D eigenvalue weighted by molar-refractivity contribution is 8.01. The Balaban J connectivity index is 2.56. The molecule has 0 saturated carbocycles. The molecule has 2 aromatic carbocycles. The summed E-state index contributed by atoms with van der Waals surface area (Å²) in [6, 6.07) is 10.4. The number of aryl methyl sites for hydroxylation is 1. The molecule has 0 aliphatic heterocycles. The lowest BCUT2D eigenvalue weighted by molar-refractivity contribution is -0.134. The van der Waals surface area contributed by atoms with Gasteiger partial charge < -0.3 is 33.0 Å². The first-order valence-corrected chi connectivity index (χ1v) is 13.3. The van der Waals surface area contributed by atoms with E-state index >= 15 is 0 Å². The van der Waals surface area contributed by atoms with Gasteiger partial charge in [0, 0.05) is 25.8 Å². The third kappa shape index (κ3) is 6.13. The van der Waals surface area contributed by atoms with Crippen molar-refractivity contribution in [2.45, 2.75) is 25.5 Å². The second kappa shape index (κ2) is 12.7. The number of methoxy groups -OCH3 is 5. The van der Waals surface area contributed by atoms with E-state index in [0.717, 1.165) is 12.5 Å². The maximum absolute atomic E-state index is 14.4. The predicted molar refractivity (Wildman–Crippen MR) is 146 cm³/mol. The number of rotatable bonds is 11. The molecule has 214 valence electrons. The van der Waals surface area contributed by atoms with Crippen LogP contribution in [0.4, 0.5) is 0 Å². The zero-order valence-electron chi connectivity index (χ0n) is 23.3. The minimum atomic E-state index is -4.42. The van der Waals surface area contributed by atoms with Crippen molar-refractivity contribution in [1.82, 2.24) is 4.57 Å². The highest BCUT2D eigenvalue weighted by Crippen LogP contribution is 2.43. The SMILES string of the molecule is COCn1cc(C(=O)OC)cc1C(=C(OC(C)=O)c1cc(OC)c(OC)c(OC)c1)S(=O)(=O)c1ccc(C)cc1. The lowest BCUT2D eigenvalue weighted by atomic mass is 10.1. The summed E-state index contributed by atoms with van der Waals surface area (Å²) in [6.45, 7) is 2.82. The molecule has 12 heteroatoms. The van der Waals surface area contributed by atoms with Crippen LogP contribution in [-0.2, 0) is 35.6 Å². The standard InChI is InChI=1S/C28H31NO10S/c1-17-8-10-21(11-9-17)40(32,33)27(22-12-20(28(31)38-7)15-29(22)16-34-3)25(39-18(2)30)19-13-23(35-4)26(37-6)24(14-19)36-5/h8-15H,16H2,1-7H3. The average Bonchev–Trinajstić information content (AvgIpc) is 3.34. The van der Waals surface area contributed by atoms with E-state index in [4.69, 9.17) is 28.4 Å². The van der Waals surface area contributed by atoms with E-state index in [0.29, 0.717) is 0 Å². The highest BCUT2D eigenvalue weighted by atomic mass is 32.2. The number of benzene rings is 2. The smallest absolute Gasteiger partial charge is 0.339 e. The van der Waals surface area contributed by atoms with Crippen LogP contribution in [0.1, 0.15) is 34.1 Å². The van der Waals surface area contributed by atoms with Crippen molar-refractivity contribution in [3.8, 4) is 17.2 Å². The second-order valence-electron chi connectivity index (χ2n) is 8.48. The Morgan fingerprint density at radius 1 is 0.850 bits per heavy atom. The van der Waals surface area contributed by atoms with Crippen LogP contribution >= 0.6 is 0 Å². The van der Waals surface area contributed by atoms with Gasteiger partial charge in [0.05, 0.1) is 44.6 Å². The van der Waals surface area contributed by atoms with Gasteiger partial charge in [0.25, 0.3) is 0 Å². The summed E-state index contributed by atoms with van der Waals surface area (Å²) in [7, 11) is 2.40. The molecule has 0 saturated heterocycles. The molecule has 0 aliphatic carbocycles. The van der Waals surface area contributed by atoms with Crippen molar-refractivity contribution in [3.63, 3.8) is 0 Å². The van der Waals surface area contributed by atoms with Gasteiger partial charge in [0.15, 0.2) is 17.3 Å². The van der Waals surface area contributed by atoms with Crippen molar-refractivity contribution >= 4 is 32.4 Å². The quantitative estimate of drug-likeness (QED) is 0.244. The largest absolute Gasteiger partial charge is 0.493 e. The Morgan fingerprint density at radius 3 is 1.93 bits per heavy atom. The van der Waals surface area contributed by atoms with Gasteiger partial charge in [-0.05, 0) is 37.3 Å². The summed E-state index contributed by atoms with van der Waals surface area (Å²) in [6.07, 6.45) is 1.38. The third-order valence-electron chi connectivity index (χ3n) is 5.80. The summed E-state index contributed by atoms with van der Waals surface area (Å²) >= 11 is 0. The zero-order chi connectivity index (χ0) is 29.6. The van der Waals surface area contributed by atoms with Crippen molar-refractivity contribution in [2.24, 2.45) is 0 Å². The third-order valence-corrected chi connectivity index (χ3v) is 7.62. The number of nitrogens with zero attached hydrogens (tertiary/aromatic N) is 1. The minimum absolute atomic E-state index is 0.00725. The van der Waals surface area contributed by atoms with Crippen LogP contribution in [0.25, 0.3) is 10.7 Å². The monoisotopic (exact) mass is 573 g/mol. The molecule has 1 heterocycles. The molecule has 0 amide bonds. The topological polar surface area (TPSA) is 129 Å². The molecule has 1 aromatic heterocycles. The van der Waals surface area contributed by atoms with Crippen LogP contribution in [0.15, 0.2) is 53.6 Å². The first kappa shape index (κ1) is 30.3.